The Kier molecular flexibility index (Phi) is 2.68. The number of aromatic nitrogens is 2. The fourth-order valence-corrected chi connectivity index (χ4v) is 2.24. The van der Waals surface area contributed by atoms with E-state index in [0.717, 1.165) is 0 Å². The van der Waals surface area contributed by atoms with Crippen LogP contribution >= 0.6 is 11.6 Å². The Hall–Kier alpha value is -2.40. The van der Waals surface area contributed by atoms with E-state index >= 15 is 0 Å². The molecule has 1 aromatic carbocycles. The van der Waals surface area contributed by atoms with Gasteiger partial charge < -0.3 is 10.1 Å². The summed E-state index contributed by atoms with van der Waals surface area (Å²) in [5.41, 5.74) is 1.46. The molecule has 0 saturated heterocycles. The summed E-state index contributed by atoms with van der Waals surface area (Å²) in [5, 5.41) is 11.6. The van der Waals surface area contributed by atoms with Crippen LogP contribution in [0.2, 0.25) is 5.15 Å². The van der Waals surface area contributed by atoms with Gasteiger partial charge in [0, 0.05) is 11.6 Å². The first-order valence-electron chi connectivity index (χ1n) is 5.55. The largest absolute Gasteiger partial charge is 0.358 e. The highest BCUT2D eigenvalue weighted by molar-refractivity contribution is 6.30. The van der Waals surface area contributed by atoms with Crippen LogP contribution in [0, 0.1) is 10.1 Å². The van der Waals surface area contributed by atoms with E-state index in [4.69, 9.17) is 11.6 Å². The van der Waals surface area contributed by atoms with E-state index in [-0.39, 0.29) is 11.0 Å². The zero-order chi connectivity index (χ0) is 13.4. The van der Waals surface area contributed by atoms with E-state index in [1.165, 1.54) is 4.40 Å². The number of benzene rings is 1. The molecule has 0 aliphatic rings. The Labute approximate surface area is 113 Å². The van der Waals surface area contributed by atoms with Gasteiger partial charge in [-0.1, -0.05) is 36.4 Å². The summed E-state index contributed by atoms with van der Waals surface area (Å²) < 4.78 is 1.34. The minimum atomic E-state index is -0.464. The molecule has 0 aliphatic carbocycles. The summed E-state index contributed by atoms with van der Waals surface area (Å²) in [6.07, 6.45) is 0. The molecule has 6 heteroatoms. The van der Waals surface area contributed by atoms with Crippen molar-refractivity contribution in [1.29, 1.82) is 0 Å². The van der Waals surface area contributed by atoms with Gasteiger partial charge in [0.15, 0.2) is 5.69 Å². The van der Waals surface area contributed by atoms with Gasteiger partial charge in [-0.05, 0) is 22.6 Å². The summed E-state index contributed by atoms with van der Waals surface area (Å²) in [7, 11) is 0. The van der Waals surface area contributed by atoms with Crippen LogP contribution in [0.1, 0.15) is 0 Å². The molecule has 2 heterocycles. The number of fused-ring (bicyclic) bond motifs is 1. The highest BCUT2D eigenvalue weighted by Crippen LogP contribution is 2.32. The normalized spacial score (nSPS) is 10.8. The van der Waals surface area contributed by atoms with Crippen LogP contribution in [0.4, 0.5) is 5.82 Å². The number of imidazole rings is 1. The Morgan fingerprint density at radius 3 is 2.53 bits per heavy atom. The highest BCUT2D eigenvalue weighted by atomic mass is 35.5. The molecular formula is C13H8ClN3O2. The van der Waals surface area contributed by atoms with E-state index in [0.29, 0.717) is 16.9 Å². The van der Waals surface area contributed by atoms with Crippen molar-refractivity contribution in [3.63, 3.8) is 0 Å². The van der Waals surface area contributed by atoms with Crippen LogP contribution in [0.15, 0.2) is 48.5 Å². The van der Waals surface area contributed by atoms with Crippen LogP contribution in [-0.4, -0.2) is 14.3 Å². The van der Waals surface area contributed by atoms with Gasteiger partial charge in [-0.2, -0.15) is 9.38 Å². The van der Waals surface area contributed by atoms with Crippen LogP contribution in [-0.2, 0) is 0 Å². The second kappa shape index (κ2) is 4.37. The fraction of sp³-hybridized carbons (Fsp3) is 0. The van der Waals surface area contributed by atoms with Crippen molar-refractivity contribution in [2.75, 3.05) is 0 Å². The van der Waals surface area contributed by atoms with E-state index in [1.54, 1.807) is 30.3 Å². The summed E-state index contributed by atoms with van der Waals surface area (Å²) in [5.74, 6) is -0.119. The molecule has 3 aromatic rings. The van der Waals surface area contributed by atoms with Crippen molar-refractivity contribution in [3.8, 4) is 11.3 Å². The lowest BCUT2D eigenvalue weighted by atomic mass is 10.1. The standard InChI is InChI=1S/C13H8ClN3O2/c14-10-7-4-8-11-15-12(9-5-2-1-3-6-9)13(16(10)11)17(18)19/h1-8H. The van der Waals surface area contributed by atoms with Gasteiger partial charge in [0.2, 0.25) is 10.8 Å². The van der Waals surface area contributed by atoms with Gasteiger partial charge in [-0.3, -0.25) is 0 Å². The van der Waals surface area contributed by atoms with Crippen molar-refractivity contribution in [3.05, 3.63) is 63.8 Å². The maximum absolute atomic E-state index is 11.3. The molecule has 0 atom stereocenters. The van der Waals surface area contributed by atoms with Crippen molar-refractivity contribution < 1.29 is 4.92 Å². The monoisotopic (exact) mass is 273 g/mol. The first-order chi connectivity index (χ1) is 9.18. The lowest BCUT2D eigenvalue weighted by Gasteiger charge is -1.98. The number of pyridine rings is 1. The zero-order valence-corrected chi connectivity index (χ0v) is 10.4. The third-order valence-electron chi connectivity index (χ3n) is 2.79. The average Bonchev–Trinajstić information content (AvgIpc) is 2.81. The molecule has 3 rings (SSSR count). The van der Waals surface area contributed by atoms with Gasteiger partial charge in [-0.25, -0.2) is 0 Å². The lowest BCUT2D eigenvalue weighted by Crippen LogP contribution is -1.96. The Morgan fingerprint density at radius 1 is 1.11 bits per heavy atom. The molecule has 0 unspecified atom stereocenters. The Morgan fingerprint density at radius 2 is 1.84 bits per heavy atom. The SMILES string of the molecule is O=[N+]([O-])c1c(-c2ccccc2)nc2cccc(Cl)n12. The topological polar surface area (TPSA) is 60.4 Å². The number of hydrogen-bond acceptors (Lipinski definition) is 3. The number of halogens is 1. The predicted octanol–water partition coefficient (Wildman–Crippen LogP) is 3.56. The molecule has 0 aliphatic heterocycles. The van der Waals surface area contributed by atoms with Gasteiger partial charge >= 0.3 is 5.82 Å². The molecule has 5 nitrogen and oxygen atoms in total. The van der Waals surface area contributed by atoms with E-state index in [2.05, 4.69) is 4.98 Å². The number of hydrogen-bond donors (Lipinski definition) is 0. The number of nitrogens with zero attached hydrogens (tertiary/aromatic N) is 3. The van der Waals surface area contributed by atoms with Gasteiger partial charge in [0.05, 0.1) is 0 Å². The lowest BCUT2D eigenvalue weighted by molar-refractivity contribution is -0.389. The summed E-state index contributed by atoms with van der Waals surface area (Å²) in [4.78, 5) is 15.1. The molecule has 19 heavy (non-hydrogen) atoms. The van der Waals surface area contributed by atoms with E-state index in [9.17, 15) is 10.1 Å². The molecular weight excluding hydrogens is 266 g/mol. The van der Waals surface area contributed by atoms with Gasteiger partial charge in [0.1, 0.15) is 0 Å². The van der Waals surface area contributed by atoms with Crippen LogP contribution in [0.3, 0.4) is 0 Å². The Balaban J connectivity index is 2.40. The molecule has 0 radical (unpaired) electrons. The number of nitro groups is 1. The average molecular weight is 274 g/mol. The van der Waals surface area contributed by atoms with Crippen molar-refractivity contribution in [2.45, 2.75) is 0 Å². The van der Waals surface area contributed by atoms with Crippen molar-refractivity contribution in [1.82, 2.24) is 9.38 Å². The summed E-state index contributed by atoms with van der Waals surface area (Å²) >= 11 is 6.03. The minimum Gasteiger partial charge on any atom is -0.358 e. The zero-order valence-electron chi connectivity index (χ0n) is 9.65. The van der Waals surface area contributed by atoms with Crippen LogP contribution in [0.25, 0.3) is 16.9 Å². The molecule has 0 fully saturated rings. The van der Waals surface area contributed by atoms with Crippen molar-refractivity contribution >= 4 is 23.1 Å². The highest BCUT2D eigenvalue weighted by Gasteiger charge is 2.25. The third kappa shape index (κ3) is 1.84. The first-order valence-corrected chi connectivity index (χ1v) is 5.93. The van der Waals surface area contributed by atoms with E-state index < -0.39 is 4.92 Å². The van der Waals surface area contributed by atoms with E-state index in [1.807, 2.05) is 18.2 Å². The summed E-state index contributed by atoms with van der Waals surface area (Å²) in [6, 6.07) is 14.0. The molecule has 0 spiro atoms. The quantitative estimate of drug-likeness (QED) is 0.407. The molecule has 0 N–H and O–H groups in total. The maximum atomic E-state index is 11.3. The maximum Gasteiger partial charge on any atom is 0.357 e. The van der Waals surface area contributed by atoms with Crippen LogP contribution < -0.4 is 0 Å². The van der Waals surface area contributed by atoms with Gasteiger partial charge in [-0.15, -0.1) is 0 Å². The molecule has 0 amide bonds. The Bertz CT molecular complexity index is 768. The minimum absolute atomic E-state index is 0.119. The van der Waals surface area contributed by atoms with Crippen LogP contribution in [0.5, 0.6) is 0 Å². The second-order valence-electron chi connectivity index (χ2n) is 3.95. The second-order valence-corrected chi connectivity index (χ2v) is 4.34. The first kappa shape index (κ1) is 11.7. The van der Waals surface area contributed by atoms with Gasteiger partial charge in [0.25, 0.3) is 0 Å². The van der Waals surface area contributed by atoms with Crippen molar-refractivity contribution in [2.24, 2.45) is 0 Å². The molecule has 0 bridgehead atoms. The third-order valence-corrected chi connectivity index (χ3v) is 3.09. The molecule has 94 valence electrons. The smallest absolute Gasteiger partial charge is 0.357 e. The fourth-order valence-electron chi connectivity index (χ4n) is 2.00. The number of rotatable bonds is 2. The molecule has 0 saturated carbocycles. The molecule has 2 aromatic heterocycles. The predicted molar refractivity (Wildman–Crippen MR) is 72.3 cm³/mol. The summed E-state index contributed by atoms with van der Waals surface area (Å²) in [6.45, 7) is 0.